The van der Waals surface area contributed by atoms with E-state index in [4.69, 9.17) is 4.84 Å². The first-order valence-corrected chi connectivity index (χ1v) is 5.75. The maximum absolute atomic E-state index is 12.0. The standard InChI is InChI=1S/C13H11N3O3/c1-15-7-6-14-11(15)8-19-16-12(17)9-4-2-3-5-10(9)13(16)18/h2-7H,8H2,1H3. The fraction of sp³-hybridized carbons (Fsp3) is 0.154. The fourth-order valence-electron chi connectivity index (χ4n) is 1.94. The Morgan fingerprint density at radius 1 is 1.16 bits per heavy atom. The monoisotopic (exact) mass is 257 g/mol. The normalized spacial score (nSPS) is 14.1. The highest BCUT2D eigenvalue weighted by Crippen LogP contribution is 2.22. The molecule has 2 amide bonds. The van der Waals surface area contributed by atoms with Crippen molar-refractivity contribution in [2.45, 2.75) is 6.61 Å². The largest absolute Gasteiger partial charge is 0.336 e. The Hall–Kier alpha value is -2.47. The van der Waals surface area contributed by atoms with E-state index < -0.39 is 11.8 Å². The fourth-order valence-corrected chi connectivity index (χ4v) is 1.94. The second-order valence-corrected chi connectivity index (χ2v) is 4.18. The van der Waals surface area contributed by atoms with Crippen molar-refractivity contribution < 1.29 is 14.4 Å². The van der Waals surface area contributed by atoms with Gasteiger partial charge in [-0.25, -0.2) is 4.98 Å². The highest BCUT2D eigenvalue weighted by molar-refractivity contribution is 6.20. The Morgan fingerprint density at radius 3 is 2.32 bits per heavy atom. The number of imidazole rings is 1. The molecule has 1 aromatic carbocycles. The van der Waals surface area contributed by atoms with Crippen LogP contribution < -0.4 is 0 Å². The lowest BCUT2D eigenvalue weighted by atomic mass is 10.1. The Balaban J connectivity index is 1.79. The lowest BCUT2D eigenvalue weighted by Gasteiger charge is -2.12. The molecule has 0 unspecified atom stereocenters. The molecule has 6 nitrogen and oxygen atoms in total. The number of nitrogens with zero attached hydrogens (tertiary/aromatic N) is 3. The van der Waals surface area contributed by atoms with E-state index in [9.17, 15) is 9.59 Å². The van der Waals surface area contributed by atoms with E-state index in [2.05, 4.69) is 4.98 Å². The molecule has 0 saturated carbocycles. The second kappa shape index (κ2) is 4.33. The van der Waals surface area contributed by atoms with Gasteiger partial charge < -0.3 is 4.57 Å². The van der Waals surface area contributed by atoms with Crippen LogP contribution in [-0.2, 0) is 18.5 Å². The number of hydroxylamine groups is 2. The number of aryl methyl sites for hydroxylation is 1. The van der Waals surface area contributed by atoms with Crippen LogP contribution in [0.2, 0.25) is 0 Å². The van der Waals surface area contributed by atoms with Crippen LogP contribution in [0.3, 0.4) is 0 Å². The number of fused-ring (bicyclic) bond motifs is 1. The molecule has 6 heteroatoms. The van der Waals surface area contributed by atoms with Crippen molar-refractivity contribution in [1.29, 1.82) is 0 Å². The molecule has 0 N–H and O–H groups in total. The molecule has 0 radical (unpaired) electrons. The van der Waals surface area contributed by atoms with Crippen molar-refractivity contribution in [2.24, 2.45) is 7.05 Å². The zero-order valence-corrected chi connectivity index (χ0v) is 10.2. The predicted octanol–water partition coefficient (Wildman–Crippen LogP) is 1.15. The summed E-state index contributed by atoms with van der Waals surface area (Å²) in [4.78, 5) is 33.4. The molecule has 0 atom stereocenters. The number of rotatable bonds is 3. The molecule has 0 fully saturated rings. The van der Waals surface area contributed by atoms with Gasteiger partial charge in [0.15, 0.2) is 0 Å². The van der Waals surface area contributed by atoms with Gasteiger partial charge in [-0.1, -0.05) is 12.1 Å². The molecular formula is C13H11N3O3. The SMILES string of the molecule is Cn1ccnc1CON1C(=O)c2ccccc2C1=O. The molecule has 19 heavy (non-hydrogen) atoms. The summed E-state index contributed by atoms with van der Waals surface area (Å²) in [5, 5.41) is 0.791. The Kier molecular flexibility index (Phi) is 2.64. The minimum atomic E-state index is -0.435. The van der Waals surface area contributed by atoms with Crippen molar-refractivity contribution >= 4 is 11.8 Å². The Morgan fingerprint density at radius 2 is 1.79 bits per heavy atom. The van der Waals surface area contributed by atoms with Crippen LogP contribution in [0.25, 0.3) is 0 Å². The minimum absolute atomic E-state index is 0.0645. The molecule has 96 valence electrons. The van der Waals surface area contributed by atoms with E-state index in [-0.39, 0.29) is 6.61 Å². The van der Waals surface area contributed by atoms with Crippen LogP contribution in [0.4, 0.5) is 0 Å². The van der Waals surface area contributed by atoms with Gasteiger partial charge in [-0.3, -0.25) is 14.4 Å². The van der Waals surface area contributed by atoms with Crippen molar-refractivity contribution in [3.8, 4) is 0 Å². The van der Waals surface area contributed by atoms with Gasteiger partial charge in [-0.05, 0) is 12.1 Å². The van der Waals surface area contributed by atoms with Gasteiger partial charge in [0, 0.05) is 19.4 Å². The summed E-state index contributed by atoms with van der Waals surface area (Å²) in [5.74, 6) is -0.235. The highest BCUT2D eigenvalue weighted by atomic mass is 16.7. The molecule has 2 aromatic rings. The summed E-state index contributed by atoms with van der Waals surface area (Å²) in [5.41, 5.74) is 0.736. The minimum Gasteiger partial charge on any atom is -0.336 e. The first-order chi connectivity index (χ1) is 9.18. The van der Waals surface area contributed by atoms with E-state index in [1.165, 1.54) is 0 Å². The van der Waals surface area contributed by atoms with Crippen molar-refractivity contribution in [2.75, 3.05) is 0 Å². The first kappa shape index (κ1) is 11.6. The average Bonchev–Trinajstić information content (AvgIpc) is 2.93. The molecule has 1 aromatic heterocycles. The Labute approximate surface area is 109 Å². The molecule has 2 heterocycles. The van der Waals surface area contributed by atoms with Crippen molar-refractivity contribution in [3.63, 3.8) is 0 Å². The zero-order chi connectivity index (χ0) is 13.4. The Bertz CT molecular complexity index is 628. The molecule has 0 saturated heterocycles. The van der Waals surface area contributed by atoms with Crippen LogP contribution >= 0.6 is 0 Å². The predicted molar refractivity (Wildman–Crippen MR) is 64.9 cm³/mol. The number of aromatic nitrogens is 2. The maximum Gasteiger partial charge on any atom is 0.285 e. The molecule has 0 aliphatic carbocycles. The molecule has 3 rings (SSSR count). The maximum atomic E-state index is 12.0. The average molecular weight is 257 g/mol. The van der Waals surface area contributed by atoms with Crippen LogP contribution in [0, 0.1) is 0 Å². The summed E-state index contributed by atoms with van der Waals surface area (Å²) < 4.78 is 1.76. The van der Waals surface area contributed by atoms with Crippen molar-refractivity contribution in [1.82, 2.24) is 14.6 Å². The summed E-state index contributed by atoms with van der Waals surface area (Å²) >= 11 is 0. The quantitative estimate of drug-likeness (QED) is 0.774. The van der Waals surface area contributed by atoms with Gasteiger partial charge in [0.2, 0.25) is 0 Å². The van der Waals surface area contributed by atoms with Crippen LogP contribution in [0.5, 0.6) is 0 Å². The smallest absolute Gasteiger partial charge is 0.285 e. The summed E-state index contributed by atoms with van der Waals surface area (Å²) in [6.07, 6.45) is 3.39. The molecular weight excluding hydrogens is 246 g/mol. The number of benzene rings is 1. The third kappa shape index (κ3) is 1.82. The van der Waals surface area contributed by atoms with Crippen LogP contribution in [0.15, 0.2) is 36.7 Å². The molecule has 0 spiro atoms. The van der Waals surface area contributed by atoms with Crippen molar-refractivity contribution in [3.05, 3.63) is 53.6 Å². The highest BCUT2D eigenvalue weighted by Gasteiger charge is 2.36. The molecule has 0 bridgehead atoms. The van der Waals surface area contributed by atoms with Gasteiger partial charge in [-0.15, -0.1) is 5.06 Å². The van der Waals surface area contributed by atoms with Crippen LogP contribution in [-0.4, -0.2) is 26.4 Å². The lowest BCUT2D eigenvalue weighted by Crippen LogP contribution is -2.30. The third-order valence-corrected chi connectivity index (χ3v) is 3.00. The van der Waals surface area contributed by atoms with E-state index >= 15 is 0 Å². The van der Waals surface area contributed by atoms with Gasteiger partial charge in [-0.2, -0.15) is 0 Å². The van der Waals surface area contributed by atoms with Gasteiger partial charge >= 0.3 is 0 Å². The van der Waals surface area contributed by atoms with E-state index in [0.29, 0.717) is 17.0 Å². The van der Waals surface area contributed by atoms with Gasteiger partial charge in [0.1, 0.15) is 12.4 Å². The number of carbonyl (C=O) groups is 2. The van der Waals surface area contributed by atoms with E-state index in [0.717, 1.165) is 5.06 Å². The summed E-state index contributed by atoms with van der Waals surface area (Å²) in [7, 11) is 1.81. The first-order valence-electron chi connectivity index (χ1n) is 5.75. The number of carbonyl (C=O) groups excluding carboxylic acids is 2. The second-order valence-electron chi connectivity index (χ2n) is 4.18. The van der Waals surface area contributed by atoms with E-state index in [1.807, 2.05) is 7.05 Å². The van der Waals surface area contributed by atoms with E-state index in [1.54, 1.807) is 41.2 Å². The molecule has 1 aliphatic rings. The number of amides is 2. The summed E-state index contributed by atoms with van der Waals surface area (Å²) in [6.45, 7) is 0.0645. The third-order valence-electron chi connectivity index (χ3n) is 3.00. The van der Waals surface area contributed by atoms with Gasteiger partial charge in [0.05, 0.1) is 11.1 Å². The molecule has 1 aliphatic heterocycles. The zero-order valence-electron chi connectivity index (χ0n) is 10.2. The lowest BCUT2D eigenvalue weighted by molar-refractivity contribution is -0.103. The number of imide groups is 1. The number of hydrogen-bond donors (Lipinski definition) is 0. The van der Waals surface area contributed by atoms with Crippen LogP contribution in [0.1, 0.15) is 26.5 Å². The summed E-state index contributed by atoms with van der Waals surface area (Å²) in [6, 6.07) is 6.65. The van der Waals surface area contributed by atoms with Gasteiger partial charge in [0.25, 0.3) is 11.8 Å². The number of hydrogen-bond acceptors (Lipinski definition) is 4. The topological polar surface area (TPSA) is 64.4 Å².